The molecule has 0 aromatic heterocycles. The van der Waals surface area contributed by atoms with E-state index in [0.717, 1.165) is 0 Å². The second-order valence-electron chi connectivity index (χ2n) is 5.16. The van der Waals surface area contributed by atoms with Crippen LogP contribution in [0.1, 0.15) is 26.7 Å². The largest absolute Gasteiger partial charge is 0.402 e. The molecule has 0 radical (unpaired) electrons. The highest BCUT2D eigenvalue weighted by Gasteiger charge is 2.71. The molecule has 0 saturated heterocycles. The van der Waals surface area contributed by atoms with Gasteiger partial charge in [0.2, 0.25) is 0 Å². The van der Waals surface area contributed by atoms with E-state index < -0.39 is 62.2 Å². The molecule has 0 amide bonds. The summed E-state index contributed by atoms with van der Waals surface area (Å²) in [4.78, 5) is 0. The van der Waals surface area contributed by atoms with Gasteiger partial charge >= 0.3 is 24.7 Å². The molecular weight excluding hydrogens is 348 g/mol. The van der Waals surface area contributed by atoms with Crippen molar-refractivity contribution < 1.29 is 52.7 Å². The number of rotatable bonds is 3. The van der Waals surface area contributed by atoms with Gasteiger partial charge in [-0.2, -0.15) is 52.7 Å². The van der Waals surface area contributed by atoms with Gasteiger partial charge in [-0.25, -0.2) is 0 Å². The Bertz CT molecular complexity index is 313. The molecule has 0 spiro atoms. The molecule has 0 unspecified atom stereocenters. The van der Waals surface area contributed by atoms with Crippen LogP contribution in [0.4, 0.5) is 52.7 Å². The second kappa shape index (κ2) is 5.36. The number of alkyl halides is 12. The Labute approximate surface area is 116 Å². The van der Waals surface area contributed by atoms with Crippen molar-refractivity contribution in [1.82, 2.24) is 0 Å². The van der Waals surface area contributed by atoms with Crippen molar-refractivity contribution in [3.8, 4) is 0 Å². The lowest BCUT2D eigenvalue weighted by Gasteiger charge is -2.39. The Balaban J connectivity index is 5.72. The molecule has 0 aromatic rings. The van der Waals surface area contributed by atoms with Gasteiger partial charge in [-0.05, 0) is 26.7 Å². The Kier molecular flexibility index (Phi) is 5.15. The Hall–Kier alpha value is -0.840. The molecule has 12 heteroatoms. The predicted octanol–water partition coefficient (Wildman–Crippen LogP) is 6.03. The second-order valence-corrected chi connectivity index (χ2v) is 5.16. The number of hydrogen-bond donors (Lipinski definition) is 0. The third-order valence-corrected chi connectivity index (χ3v) is 3.63. The van der Waals surface area contributed by atoms with Gasteiger partial charge in [-0.15, -0.1) is 0 Å². The van der Waals surface area contributed by atoms with Crippen molar-refractivity contribution in [2.75, 3.05) is 0 Å². The average Bonchev–Trinajstić information content (AvgIpc) is 2.18. The van der Waals surface area contributed by atoms with Crippen molar-refractivity contribution in [3.63, 3.8) is 0 Å². The quantitative estimate of drug-likeness (QED) is 0.541. The minimum Gasteiger partial charge on any atom is -0.170 e. The first-order valence-corrected chi connectivity index (χ1v) is 5.47. The van der Waals surface area contributed by atoms with E-state index in [0.29, 0.717) is 0 Å². The molecule has 0 N–H and O–H groups in total. The van der Waals surface area contributed by atoms with E-state index >= 15 is 0 Å². The zero-order valence-corrected chi connectivity index (χ0v) is 10.9. The average molecular weight is 358 g/mol. The molecule has 22 heavy (non-hydrogen) atoms. The van der Waals surface area contributed by atoms with Crippen LogP contribution in [0.25, 0.3) is 0 Å². The summed E-state index contributed by atoms with van der Waals surface area (Å²) in [6.07, 6.45) is -29.0. The Morgan fingerprint density at radius 2 is 0.545 bits per heavy atom. The minimum absolute atomic E-state index is 0.472. The van der Waals surface area contributed by atoms with Gasteiger partial charge in [0.15, 0.2) is 10.8 Å². The Morgan fingerprint density at radius 1 is 0.409 bits per heavy atom. The molecule has 0 aliphatic rings. The van der Waals surface area contributed by atoms with Gasteiger partial charge in [0.1, 0.15) is 0 Å². The highest BCUT2D eigenvalue weighted by Crippen LogP contribution is 2.58. The summed E-state index contributed by atoms with van der Waals surface area (Å²) in [6.45, 7) is -0.944. The first-order valence-electron chi connectivity index (χ1n) is 5.47. The Morgan fingerprint density at radius 3 is 0.636 bits per heavy atom. The van der Waals surface area contributed by atoms with Crippen LogP contribution in [0.2, 0.25) is 0 Å². The normalized spacial score (nSPS) is 16.1. The smallest absolute Gasteiger partial charge is 0.170 e. The fraction of sp³-hybridized carbons (Fsp3) is 1.00. The maximum absolute atomic E-state index is 12.5. The first-order chi connectivity index (χ1) is 9.21. The third-order valence-electron chi connectivity index (χ3n) is 3.63. The van der Waals surface area contributed by atoms with E-state index in [9.17, 15) is 52.7 Å². The van der Waals surface area contributed by atoms with Crippen molar-refractivity contribution in [1.29, 1.82) is 0 Å². The van der Waals surface area contributed by atoms with Gasteiger partial charge in [0.25, 0.3) is 0 Å². The summed E-state index contributed by atoms with van der Waals surface area (Å²) in [5, 5.41) is 0. The molecule has 0 aliphatic heterocycles. The summed E-state index contributed by atoms with van der Waals surface area (Å²) in [5.74, 6) is 0. The first kappa shape index (κ1) is 21.2. The fourth-order valence-electron chi connectivity index (χ4n) is 1.39. The molecule has 0 rings (SSSR count). The van der Waals surface area contributed by atoms with Crippen LogP contribution in [0.3, 0.4) is 0 Å². The van der Waals surface area contributed by atoms with Crippen molar-refractivity contribution >= 4 is 0 Å². The molecule has 0 bridgehead atoms. The van der Waals surface area contributed by atoms with E-state index in [-0.39, 0.29) is 0 Å². The molecule has 0 aliphatic carbocycles. The maximum Gasteiger partial charge on any atom is 0.402 e. The number of hydrogen-bond acceptors (Lipinski definition) is 0. The van der Waals surface area contributed by atoms with Crippen LogP contribution in [0.5, 0.6) is 0 Å². The van der Waals surface area contributed by atoms with Gasteiger partial charge < -0.3 is 0 Å². The van der Waals surface area contributed by atoms with Gasteiger partial charge in [0.05, 0.1) is 0 Å². The van der Waals surface area contributed by atoms with Gasteiger partial charge in [0, 0.05) is 0 Å². The summed E-state index contributed by atoms with van der Waals surface area (Å²) >= 11 is 0. The summed E-state index contributed by atoms with van der Waals surface area (Å²) in [7, 11) is 0. The van der Waals surface area contributed by atoms with Crippen molar-refractivity contribution in [2.24, 2.45) is 10.8 Å². The molecule has 134 valence electrons. The van der Waals surface area contributed by atoms with Crippen LogP contribution < -0.4 is 0 Å². The molecular formula is C10H10F12. The summed E-state index contributed by atoms with van der Waals surface area (Å²) in [6, 6.07) is 0. The zero-order chi connectivity index (χ0) is 18.4. The molecule has 0 aromatic carbocycles. The van der Waals surface area contributed by atoms with E-state index in [1.807, 2.05) is 0 Å². The van der Waals surface area contributed by atoms with Gasteiger partial charge in [-0.1, -0.05) is 0 Å². The highest BCUT2D eigenvalue weighted by atomic mass is 19.4. The summed E-state index contributed by atoms with van der Waals surface area (Å²) in [5.41, 5.74) is -9.37. The van der Waals surface area contributed by atoms with Crippen molar-refractivity contribution in [3.05, 3.63) is 0 Å². The predicted molar refractivity (Wildman–Crippen MR) is 49.7 cm³/mol. The number of halogens is 12. The summed E-state index contributed by atoms with van der Waals surface area (Å²) < 4.78 is 150. The topological polar surface area (TPSA) is 0 Å². The van der Waals surface area contributed by atoms with Crippen LogP contribution in [0, 0.1) is 10.8 Å². The van der Waals surface area contributed by atoms with E-state index in [2.05, 4.69) is 0 Å². The SMILES string of the molecule is CC(CCC(C)(C(F)(F)F)C(F)(F)F)(C(F)(F)F)C(F)(F)F. The lowest BCUT2D eigenvalue weighted by Crippen LogP contribution is -2.52. The molecule has 0 heterocycles. The van der Waals surface area contributed by atoms with Crippen LogP contribution in [-0.4, -0.2) is 24.7 Å². The molecule has 0 fully saturated rings. The lowest BCUT2D eigenvalue weighted by atomic mass is 9.75. The van der Waals surface area contributed by atoms with Crippen LogP contribution >= 0.6 is 0 Å². The lowest BCUT2D eigenvalue weighted by molar-refractivity contribution is -0.359. The minimum atomic E-state index is -6.05. The standard InChI is InChI=1S/C10H10F12/c1-5(7(11,12)13,8(14,15)16)3-4-6(2,9(17,18)19)10(20,21)22/h3-4H2,1-2H3. The highest BCUT2D eigenvalue weighted by molar-refractivity contribution is 4.95. The maximum atomic E-state index is 12.5. The van der Waals surface area contributed by atoms with E-state index in [4.69, 9.17) is 0 Å². The van der Waals surface area contributed by atoms with Crippen LogP contribution in [-0.2, 0) is 0 Å². The molecule has 0 nitrogen and oxygen atoms in total. The fourth-order valence-corrected chi connectivity index (χ4v) is 1.39. The molecule has 0 atom stereocenters. The zero-order valence-electron chi connectivity index (χ0n) is 10.9. The van der Waals surface area contributed by atoms with Crippen LogP contribution in [0.15, 0.2) is 0 Å². The van der Waals surface area contributed by atoms with E-state index in [1.54, 1.807) is 0 Å². The molecule has 0 saturated carbocycles. The monoisotopic (exact) mass is 358 g/mol. The van der Waals surface area contributed by atoms with Crippen molar-refractivity contribution in [2.45, 2.75) is 51.4 Å². The van der Waals surface area contributed by atoms with E-state index in [1.165, 1.54) is 0 Å². The third kappa shape index (κ3) is 3.55. The van der Waals surface area contributed by atoms with Gasteiger partial charge in [-0.3, -0.25) is 0 Å².